The van der Waals surface area contributed by atoms with Crippen molar-refractivity contribution in [3.8, 4) is 0 Å². The fraction of sp³-hybridized carbons (Fsp3) is 0.500. The van der Waals surface area contributed by atoms with Crippen LogP contribution in [0, 0.1) is 15.5 Å². The van der Waals surface area contributed by atoms with Gasteiger partial charge in [0.25, 0.3) is 5.69 Å². The third-order valence-electron chi connectivity index (χ3n) is 4.04. The van der Waals surface area contributed by atoms with Crippen molar-refractivity contribution in [1.29, 1.82) is 0 Å². The number of nitrogens with zero attached hydrogens (tertiary/aromatic N) is 1. The molecule has 1 aliphatic heterocycles. The molecule has 1 amide bonds. The van der Waals surface area contributed by atoms with E-state index in [9.17, 15) is 14.9 Å². The second kappa shape index (κ2) is 6.41. The molecule has 1 atom stereocenters. The number of hydrogen-bond donors (Lipinski definition) is 2. The highest BCUT2D eigenvalue weighted by atomic mass is 35.5. The molecule has 7 heteroatoms. The molecular formula is C14H18ClN3O3. The summed E-state index contributed by atoms with van der Waals surface area (Å²) in [6, 6.07) is 4.03. The van der Waals surface area contributed by atoms with Crippen molar-refractivity contribution in [3.63, 3.8) is 0 Å². The summed E-state index contributed by atoms with van der Waals surface area (Å²) in [6.07, 6.45) is 2.44. The quantitative estimate of drug-likeness (QED) is 0.661. The van der Waals surface area contributed by atoms with Crippen LogP contribution >= 0.6 is 11.6 Å². The molecule has 1 fully saturated rings. The summed E-state index contributed by atoms with van der Waals surface area (Å²) >= 11 is 6.02. The van der Waals surface area contributed by atoms with E-state index in [4.69, 9.17) is 11.6 Å². The first-order valence-corrected chi connectivity index (χ1v) is 7.32. The van der Waals surface area contributed by atoms with Crippen LogP contribution in [0.25, 0.3) is 0 Å². The fourth-order valence-corrected chi connectivity index (χ4v) is 2.77. The van der Waals surface area contributed by atoms with Gasteiger partial charge in [-0.1, -0.05) is 18.5 Å². The molecule has 1 saturated heterocycles. The van der Waals surface area contributed by atoms with Crippen LogP contribution in [0.4, 0.5) is 11.4 Å². The maximum Gasteiger partial charge on any atom is 0.271 e. The number of benzene rings is 1. The summed E-state index contributed by atoms with van der Waals surface area (Å²) in [5.41, 5.74) is -0.289. The standard InChI is InChI=1S/C14H18ClN3O3/c1-2-14(6-3-7-16-9-14)13(19)17-12-8-10(18(20)21)4-5-11(12)15/h4-5,8,16H,2-3,6-7,9H2,1H3,(H,17,19). The molecule has 0 aromatic heterocycles. The Morgan fingerprint density at radius 1 is 1.57 bits per heavy atom. The van der Waals surface area contributed by atoms with Crippen LogP contribution in [-0.4, -0.2) is 23.9 Å². The van der Waals surface area contributed by atoms with Crippen LogP contribution < -0.4 is 10.6 Å². The molecule has 1 heterocycles. The molecule has 2 rings (SSSR count). The van der Waals surface area contributed by atoms with Gasteiger partial charge in [0.05, 0.1) is 21.0 Å². The normalized spacial score (nSPS) is 21.8. The highest BCUT2D eigenvalue weighted by molar-refractivity contribution is 6.33. The van der Waals surface area contributed by atoms with Gasteiger partial charge in [-0.15, -0.1) is 0 Å². The van der Waals surface area contributed by atoms with Gasteiger partial charge in [-0.25, -0.2) is 0 Å². The first kappa shape index (κ1) is 15.7. The molecule has 114 valence electrons. The minimum absolute atomic E-state index is 0.0954. The Hall–Kier alpha value is -1.66. The Balaban J connectivity index is 2.22. The molecule has 0 spiro atoms. The zero-order chi connectivity index (χ0) is 15.5. The number of hydrogen-bond acceptors (Lipinski definition) is 4. The molecule has 0 radical (unpaired) electrons. The maximum absolute atomic E-state index is 12.6. The van der Waals surface area contributed by atoms with Crippen LogP contribution in [0.5, 0.6) is 0 Å². The van der Waals surface area contributed by atoms with Gasteiger partial charge in [-0.3, -0.25) is 14.9 Å². The molecule has 1 aliphatic rings. The van der Waals surface area contributed by atoms with Gasteiger partial charge in [0.2, 0.25) is 5.91 Å². The summed E-state index contributed by atoms with van der Waals surface area (Å²) in [4.78, 5) is 22.9. The number of nitrogens with one attached hydrogen (secondary N) is 2. The van der Waals surface area contributed by atoms with E-state index in [0.717, 1.165) is 19.4 Å². The summed E-state index contributed by atoms with van der Waals surface area (Å²) in [5.74, 6) is -0.139. The van der Waals surface area contributed by atoms with Crippen LogP contribution in [0.1, 0.15) is 26.2 Å². The van der Waals surface area contributed by atoms with Crippen LogP contribution in [-0.2, 0) is 4.79 Å². The van der Waals surface area contributed by atoms with Crippen molar-refractivity contribution in [2.75, 3.05) is 18.4 Å². The third-order valence-corrected chi connectivity index (χ3v) is 4.37. The van der Waals surface area contributed by atoms with Gasteiger partial charge in [0, 0.05) is 18.7 Å². The van der Waals surface area contributed by atoms with Crippen molar-refractivity contribution in [3.05, 3.63) is 33.3 Å². The Labute approximate surface area is 128 Å². The third kappa shape index (κ3) is 3.33. The van der Waals surface area contributed by atoms with E-state index in [-0.39, 0.29) is 17.3 Å². The summed E-state index contributed by atoms with van der Waals surface area (Å²) in [7, 11) is 0. The first-order chi connectivity index (χ1) is 9.98. The topological polar surface area (TPSA) is 84.3 Å². The van der Waals surface area contributed by atoms with Gasteiger partial charge < -0.3 is 10.6 Å². The van der Waals surface area contributed by atoms with Gasteiger partial charge in [0.1, 0.15) is 0 Å². The van der Waals surface area contributed by atoms with E-state index < -0.39 is 10.3 Å². The lowest BCUT2D eigenvalue weighted by Crippen LogP contribution is -2.47. The smallest absolute Gasteiger partial charge is 0.271 e. The molecule has 0 bridgehead atoms. The van der Waals surface area contributed by atoms with Crippen molar-refractivity contribution < 1.29 is 9.72 Å². The highest BCUT2D eigenvalue weighted by Crippen LogP contribution is 2.33. The van der Waals surface area contributed by atoms with Crippen LogP contribution in [0.2, 0.25) is 5.02 Å². The van der Waals surface area contributed by atoms with Gasteiger partial charge >= 0.3 is 0 Å². The zero-order valence-corrected chi connectivity index (χ0v) is 12.6. The van der Waals surface area contributed by atoms with E-state index in [0.29, 0.717) is 18.0 Å². The minimum Gasteiger partial charge on any atom is -0.324 e. The molecule has 1 aromatic rings. The number of nitro groups is 1. The van der Waals surface area contributed by atoms with Crippen LogP contribution in [0.3, 0.4) is 0 Å². The number of carbonyl (C=O) groups is 1. The number of rotatable bonds is 4. The predicted molar refractivity (Wildman–Crippen MR) is 81.6 cm³/mol. The SMILES string of the molecule is CCC1(C(=O)Nc2cc([N+](=O)[O-])ccc2Cl)CCCNC1. The van der Waals surface area contributed by atoms with E-state index in [2.05, 4.69) is 10.6 Å². The Morgan fingerprint density at radius 3 is 2.90 bits per heavy atom. The average molecular weight is 312 g/mol. The molecule has 0 aliphatic carbocycles. The molecule has 2 N–H and O–H groups in total. The van der Waals surface area contributed by atoms with Gasteiger partial charge in [0.15, 0.2) is 0 Å². The van der Waals surface area contributed by atoms with Gasteiger partial charge in [-0.05, 0) is 31.9 Å². The lowest BCUT2D eigenvalue weighted by atomic mass is 9.77. The number of nitro benzene ring substituents is 1. The summed E-state index contributed by atoms with van der Waals surface area (Å²) < 4.78 is 0. The Kier molecular flexibility index (Phi) is 4.80. The minimum atomic E-state index is -0.510. The number of amides is 1. The lowest BCUT2D eigenvalue weighted by Gasteiger charge is -2.35. The Morgan fingerprint density at radius 2 is 2.33 bits per heavy atom. The van der Waals surface area contributed by atoms with E-state index in [1.807, 2.05) is 6.92 Å². The van der Waals surface area contributed by atoms with Crippen LogP contribution in [0.15, 0.2) is 18.2 Å². The average Bonchev–Trinajstić information content (AvgIpc) is 2.49. The van der Waals surface area contributed by atoms with Crippen molar-refractivity contribution >= 4 is 28.9 Å². The van der Waals surface area contributed by atoms with Crippen molar-refractivity contribution in [2.45, 2.75) is 26.2 Å². The number of anilines is 1. The number of carbonyl (C=O) groups excluding carboxylic acids is 1. The lowest BCUT2D eigenvalue weighted by molar-refractivity contribution is -0.384. The maximum atomic E-state index is 12.6. The zero-order valence-electron chi connectivity index (χ0n) is 11.8. The monoisotopic (exact) mass is 311 g/mol. The van der Waals surface area contributed by atoms with Gasteiger partial charge in [-0.2, -0.15) is 0 Å². The number of halogens is 1. The van der Waals surface area contributed by atoms with Crippen molar-refractivity contribution in [2.24, 2.45) is 5.41 Å². The molecule has 1 unspecified atom stereocenters. The first-order valence-electron chi connectivity index (χ1n) is 6.94. The van der Waals surface area contributed by atoms with E-state index in [1.165, 1.54) is 18.2 Å². The summed E-state index contributed by atoms with van der Waals surface area (Å²) in [6.45, 7) is 3.50. The molecule has 0 saturated carbocycles. The van der Waals surface area contributed by atoms with Crippen molar-refractivity contribution in [1.82, 2.24) is 5.32 Å². The predicted octanol–water partition coefficient (Wildman–Crippen LogP) is 2.97. The molecular weight excluding hydrogens is 294 g/mol. The number of piperidine rings is 1. The van der Waals surface area contributed by atoms with E-state index >= 15 is 0 Å². The second-order valence-corrected chi connectivity index (χ2v) is 5.70. The fourth-order valence-electron chi connectivity index (χ4n) is 2.60. The summed E-state index contributed by atoms with van der Waals surface area (Å²) in [5, 5.41) is 17.1. The highest BCUT2D eigenvalue weighted by Gasteiger charge is 2.38. The van der Waals surface area contributed by atoms with E-state index in [1.54, 1.807) is 0 Å². The number of non-ortho nitro benzene ring substituents is 1. The molecule has 21 heavy (non-hydrogen) atoms. The molecule has 6 nitrogen and oxygen atoms in total. The second-order valence-electron chi connectivity index (χ2n) is 5.29. The molecule has 1 aromatic carbocycles. The Bertz CT molecular complexity index is 556. The largest absolute Gasteiger partial charge is 0.324 e.